The van der Waals surface area contributed by atoms with Crippen molar-refractivity contribution in [3.8, 4) is 0 Å². The van der Waals surface area contributed by atoms with E-state index < -0.39 is 17.8 Å². The van der Waals surface area contributed by atoms with Crippen molar-refractivity contribution < 1.29 is 14.4 Å². The lowest BCUT2D eigenvalue weighted by atomic mass is 10.2. The third kappa shape index (κ3) is 4.18. The van der Waals surface area contributed by atoms with Gasteiger partial charge in [-0.1, -0.05) is 40.2 Å². The highest BCUT2D eigenvalue weighted by Gasteiger charge is 2.34. The van der Waals surface area contributed by atoms with Crippen LogP contribution in [0.5, 0.6) is 0 Å². The average molecular weight is 414 g/mol. The second-order valence-electron chi connectivity index (χ2n) is 5.85. The second-order valence-corrected chi connectivity index (χ2v) is 6.77. The number of hydrogen-bond acceptors (Lipinski definition) is 3. The van der Waals surface area contributed by atoms with Gasteiger partial charge in [-0.2, -0.15) is 0 Å². The van der Waals surface area contributed by atoms with Gasteiger partial charge < -0.3 is 10.6 Å². The van der Waals surface area contributed by atoms with Gasteiger partial charge in [0.05, 0.1) is 0 Å². The van der Waals surface area contributed by atoms with E-state index in [1.54, 1.807) is 12.1 Å². The van der Waals surface area contributed by atoms with Crippen LogP contribution in [0, 0.1) is 6.92 Å². The summed E-state index contributed by atoms with van der Waals surface area (Å²) in [7, 11) is 0. The molecular weight excluding hydrogens is 398 g/mol. The molecule has 1 aliphatic heterocycles. The van der Waals surface area contributed by atoms with Crippen LogP contribution in [-0.4, -0.2) is 29.3 Å². The number of amides is 4. The number of benzene rings is 2. The molecule has 1 aliphatic rings. The van der Waals surface area contributed by atoms with Crippen LogP contribution in [-0.2, 0) is 9.59 Å². The highest BCUT2D eigenvalue weighted by molar-refractivity contribution is 9.10. The van der Waals surface area contributed by atoms with E-state index in [2.05, 4.69) is 26.6 Å². The number of hydrogen-bond donors (Lipinski definition) is 2. The number of nitrogens with zero attached hydrogens (tertiary/aromatic N) is 1. The van der Waals surface area contributed by atoms with E-state index in [1.165, 1.54) is 0 Å². The zero-order valence-corrected chi connectivity index (χ0v) is 15.5. The number of nitrogens with one attached hydrogen (secondary N) is 2. The van der Waals surface area contributed by atoms with Gasteiger partial charge in [-0.05, 0) is 48.4 Å². The molecule has 1 saturated heterocycles. The number of aryl methyl sites for hydroxylation is 1. The minimum Gasteiger partial charge on any atom is -0.325 e. The van der Waals surface area contributed by atoms with Crippen molar-refractivity contribution >= 4 is 45.5 Å². The summed E-state index contributed by atoms with van der Waals surface area (Å²) in [5.74, 6) is -0.975. The maximum atomic E-state index is 12.4. The van der Waals surface area contributed by atoms with E-state index in [0.29, 0.717) is 5.69 Å². The molecule has 0 bridgehead atoms. The van der Waals surface area contributed by atoms with E-state index >= 15 is 0 Å². The summed E-state index contributed by atoms with van der Waals surface area (Å²) in [5.41, 5.74) is 2.51. The molecule has 0 saturated carbocycles. The van der Waals surface area contributed by atoms with Crippen molar-refractivity contribution in [3.63, 3.8) is 0 Å². The molecule has 0 aromatic heterocycles. The van der Waals surface area contributed by atoms with Crippen LogP contribution in [0.15, 0.2) is 58.7 Å². The van der Waals surface area contributed by atoms with Gasteiger partial charge in [0.2, 0.25) is 5.91 Å². The van der Waals surface area contributed by atoms with Crippen LogP contribution >= 0.6 is 15.9 Å². The maximum Gasteiger partial charge on any atom is 0.329 e. The Kier molecular flexibility index (Phi) is 5.18. The monoisotopic (exact) mass is 413 g/mol. The van der Waals surface area contributed by atoms with Crippen molar-refractivity contribution in [2.24, 2.45) is 0 Å². The molecule has 6 nitrogen and oxygen atoms in total. The predicted molar refractivity (Wildman–Crippen MR) is 102 cm³/mol. The minimum atomic E-state index is -0.615. The third-order valence-corrected chi connectivity index (χ3v) is 4.22. The smallest absolute Gasteiger partial charge is 0.325 e. The number of carbonyl (C=O) groups is 3. The first-order chi connectivity index (χ1) is 12.4. The van der Waals surface area contributed by atoms with Crippen molar-refractivity contribution in [2.45, 2.75) is 6.92 Å². The third-order valence-electron chi connectivity index (χ3n) is 3.73. The molecule has 2 aromatic carbocycles. The molecule has 0 atom stereocenters. The summed E-state index contributed by atoms with van der Waals surface area (Å²) >= 11 is 3.35. The van der Waals surface area contributed by atoms with Crippen LogP contribution < -0.4 is 10.6 Å². The Balaban J connectivity index is 1.70. The number of imide groups is 1. The highest BCUT2D eigenvalue weighted by atomic mass is 79.9. The topological polar surface area (TPSA) is 78.5 Å². The van der Waals surface area contributed by atoms with E-state index in [-0.39, 0.29) is 12.2 Å². The average Bonchev–Trinajstić information content (AvgIpc) is 2.82. The van der Waals surface area contributed by atoms with Crippen LogP contribution in [0.4, 0.5) is 10.5 Å². The Hall–Kier alpha value is -2.93. The fourth-order valence-electron chi connectivity index (χ4n) is 2.55. The molecule has 0 spiro atoms. The quantitative estimate of drug-likeness (QED) is 0.596. The number of halogens is 1. The molecule has 2 aromatic rings. The SMILES string of the molecule is Cc1cccc(NC(=O)CN2C(=O)N/C(=C\c3cccc(Br)c3)C2=O)c1. The Morgan fingerprint density at radius 1 is 1.19 bits per heavy atom. The van der Waals surface area contributed by atoms with Gasteiger partial charge in [0.15, 0.2) is 0 Å². The van der Waals surface area contributed by atoms with Crippen LogP contribution in [0.25, 0.3) is 6.08 Å². The first kappa shape index (κ1) is 17.9. The van der Waals surface area contributed by atoms with Gasteiger partial charge in [0.25, 0.3) is 5.91 Å². The predicted octanol–water partition coefficient (Wildman–Crippen LogP) is 3.29. The van der Waals surface area contributed by atoms with Crippen molar-refractivity contribution in [2.75, 3.05) is 11.9 Å². The van der Waals surface area contributed by atoms with E-state index in [1.807, 2.05) is 49.4 Å². The Morgan fingerprint density at radius 3 is 2.69 bits per heavy atom. The standard InChI is InChI=1S/C19H16BrN3O3/c1-12-4-2-7-15(8-12)21-17(24)11-23-18(25)16(22-19(23)26)10-13-5-3-6-14(20)9-13/h2-10H,11H2,1H3,(H,21,24)(H,22,26)/b16-10-. The molecule has 0 unspecified atom stereocenters. The normalized spacial score (nSPS) is 15.3. The summed E-state index contributed by atoms with van der Waals surface area (Å²) in [4.78, 5) is 37.5. The minimum absolute atomic E-state index is 0.136. The number of urea groups is 1. The first-order valence-corrected chi connectivity index (χ1v) is 8.68. The lowest BCUT2D eigenvalue weighted by Crippen LogP contribution is -2.38. The maximum absolute atomic E-state index is 12.4. The van der Waals surface area contributed by atoms with Crippen LogP contribution in [0.1, 0.15) is 11.1 Å². The zero-order valence-electron chi connectivity index (χ0n) is 14.0. The van der Waals surface area contributed by atoms with Gasteiger partial charge >= 0.3 is 6.03 Å². The Bertz CT molecular complexity index is 924. The van der Waals surface area contributed by atoms with Gasteiger partial charge in [0, 0.05) is 10.2 Å². The molecule has 7 heteroatoms. The van der Waals surface area contributed by atoms with Crippen molar-refractivity contribution in [1.82, 2.24) is 10.2 Å². The molecule has 4 amide bonds. The molecule has 1 fully saturated rings. The number of anilines is 1. The summed E-state index contributed by atoms with van der Waals surface area (Å²) in [5, 5.41) is 5.19. The molecule has 1 heterocycles. The fourth-order valence-corrected chi connectivity index (χ4v) is 2.96. The summed E-state index contributed by atoms with van der Waals surface area (Å²) in [6.07, 6.45) is 1.57. The lowest BCUT2D eigenvalue weighted by molar-refractivity contribution is -0.127. The molecule has 0 radical (unpaired) electrons. The highest BCUT2D eigenvalue weighted by Crippen LogP contribution is 2.17. The van der Waals surface area contributed by atoms with Crippen LogP contribution in [0.3, 0.4) is 0 Å². The van der Waals surface area contributed by atoms with Gasteiger partial charge in [0.1, 0.15) is 12.2 Å². The zero-order chi connectivity index (χ0) is 18.7. The van der Waals surface area contributed by atoms with Gasteiger partial charge in [-0.3, -0.25) is 9.59 Å². The Labute approximate surface area is 159 Å². The molecule has 132 valence electrons. The van der Waals surface area contributed by atoms with E-state index in [9.17, 15) is 14.4 Å². The summed E-state index contributed by atoms with van der Waals surface area (Å²) in [6.45, 7) is 1.56. The van der Waals surface area contributed by atoms with Gasteiger partial charge in [-0.25, -0.2) is 9.69 Å². The van der Waals surface area contributed by atoms with Crippen LogP contribution in [0.2, 0.25) is 0 Å². The van der Waals surface area contributed by atoms with Crippen molar-refractivity contribution in [1.29, 1.82) is 0 Å². The molecule has 0 aliphatic carbocycles. The van der Waals surface area contributed by atoms with E-state index in [0.717, 1.165) is 20.5 Å². The largest absolute Gasteiger partial charge is 0.329 e. The molecule has 26 heavy (non-hydrogen) atoms. The second kappa shape index (κ2) is 7.53. The van der Waals surface area contributed by atoms with E-state index in [4.69, 9.17) is 0 Å². The van der Waals surface area contributed by atoms with Crippen molar-refractivity contribution in [3.05, 3.63) is 69.8 Å². The summed E-state index contributed by atoms with van der Waals surface area (Å²) < 4.78 is 0.859. The molecular formula is C19H16BrN3O3. The lowest BCUT2D eigenvalue weighted by Gasteiger charge is -2.12. The molecule has 2 N–H and O–H groups in total. The molecule has 3 rings (SSSR count). The number of carbonyl (C=O) groups excluding carboxylic acids is 3. The Morgan fingerprint density at radius 2 is 1.96 bits per heavy atom. The van der Waals surface area contributed by atoms with Gasteiger partial charge in [-0.15, -0.1) is 0 Å². The number of rotatable bonds is 4. The first-order valence-electron chi connectivity index (χ1n) is 7.89. The fraction of sp³-hybridized carbons (Fsp3) is 0.105. The summed E-state index contributed by atoms with van der Waals surface area (Å²) in [6, 6.07) is 14.0.